The van der Waals surface area contributed by atoms with Gasteiger partial charge in [0, 0.05) is 18.0 Å². The maximum atomic E-state index is 11.6. The third-order valence-electron chi connectivity index (χ3n) is 4.20. The average Bonchev–Trinajstić information content (AvgIpc) is 3.05. The molecule has 2 aromatic heterocycles. The van der Waals surface area contributed by atoms with Crippen molar-refractivity contribution in [1.82, 2.24) is 9.38 Å². The Morgan fingerprint density at radius 1 is 0.840 bits per heavy atom. The molecule has 0 saturated carbocycles. The zero-order valence-electron chi connectivity index (χ0n) is 13.6. The van der Waals surface area contributed by atoms with Gasteiger partial charge in [0.2, 0.25) is 0 Å². The van der Waals surface area contributed by atoms with E-state index in [9.17, 15) is 8.42 Å². The van der Waals surface area contributed by atoms with Crippen molar-refractivity contribution in [3.63, 3.8) is 0 Å². The van der Waals surface area contributed by atoms with Gasteiger partial charge in [-0.3, -0.25) is 4.40 Å². The predicted molar refractivity (Wildman–Crippen MR) is 99.2 cm³/mol. The minimum atomic E-state index is -3.18. The summed E-state index contributed by atoms with van der Waals surface area (Å²) in [6, 6.07) is 21.0. The van der Waals surface area contributed by atoms with Gasteiger partial charge >= 0.3 is 0 Å². The van der Waals surface area contributed by atoms with Crippen LogP contribution in [0, 0.1) is 0 Å². The molecule has 0 fully saturated rings. The van der Waals surface area contributed by atoms with Gasteiger partial charge < -0.3 is 0 Å². The number of pyridine rings is 1. The highest BCUT2D eigenvalue weighted by Crippen LogP contribution is 2.26. The molecule has 0 aliphatic carbocycles. The van der Waals surface area contributed by atoms with E-state index < -0.39 is 9.84 Å². The summed E-state index contributed by atoms with van der Waals surface area (Å²) in [7, 11) is -3.18. The summed E-state index contributed by atoms with van der Waals surface area (Å²) in [6.07, 6.45) is 5.06. The minimum Gasteiger partial charge on any atom is -0.300 e. The average molecular weight is 348 g/mol. The highest BCUT2D eigenvalue weighted by molar-refractivity contribution is 7.90. The summed E-state index contributed by atoms with van der Waals surface area (Å²) >= 11 is 0. The highest BCUT2D eigenvalue weighted by atomic mass is 32.2. The van der Waals surface area contributed by atoms with Crippen LogP contribution >= 0.6 is 0 Å². The van der Waals surface area contributed by atoms with E-state index in [4.69, 9.17) is 0 Å². The van der Waals surface area contributed by atoms with E-state index in [1.54, 1.807) is 12.1 Å². The van der Waals surface area contributed by atoms with Crippen LogP contribution in [-0.4, -0.2) is 24.1 Å². The monoisotopic (exact) mass is 348 g/mol. The van der Waals surface area contributed by atoms with E-state index in [-0.39, 0.29) is 0 Å². The molecule has 0 saturated heterocycles. The standard InChI is InChI=1S/C20H16N2O2S/c1-25(23,24)18-9-7-15(8-10-18)17-11-12-22-19(14-21-20(22)13-17)16-5-3-2-4-6-16/h2-14H,1H3. The normalized spacial score (nSPS) is 11.7. The van der Waals surface area contributed by atoms with Crippen molar-refractivity contribution in [3.05, 3.63) is 79.1 Å². The Hall–Kier alpha value is -2.92. The molecule has 0 radical (unpaired) electrons. The summed E-state index contributed by atoms with van der Waals surface area (Å²) in [4.78, 5) is 4.83. The van der Waals surface area contributed by atoms with Gasteiger partial charge in [0.05, 0.1) is 16.8 Å². The second kappa shape index (κ2) is 5.86. The van der Waals surface area contributed by atoms with Crippen molar-refractivity contribution in [2.45, 2.75) is 4.90 Å². The Labute approximate surface area is 146 Å². The van der Waals surface area contributed by atoms with E-state index in [0.717, 1.165) is 28.0 Å². The van der Waals surface area contributed by atoms with Crippen LogP contribution in [0.2, 0.25) is 0 Å². The lowest BCUT2D eigenvalue weighted by Gasteiger charge is -2.06. The molecular weight excluding hydrogens is 332 g/mol. The van der Waals surface area contributed by atoms with Gasteiger partial charge in [-0.1, -0.05) is 42.5 Å². The number of nitrogens with zero attached hydrogens (tertiary/aromatic N) is 2. The lowest BCUT2D eigenvalue weighted by atomic mass is 10.1. The molecule has 124 valence electrons. The van der Waals surface area contributed by atoms with E-state index in [2.05, 4.69) is 17.1 Å². The molecule has 0 atom stereocenters. The van der Waals surface area contributed by atoms with Crippen molar-refractivity contribution in [2.75, 3.05) is 6.26 Å². The van der Waals surface area contributed by atoms with Crippen LogP contribution in [-0.2, 0) is 9.84 Å². The fourth-order valence-electron chi connectivity index (χ4n) is 2.88. The first-order chi connectivity index (χ1) is 12.0. The lowest BCUT2D eigenvalue weighted by molar-refractivity contribution is 0.602. The van der Waals surface area contributed by atoms with Crippen molar-refractivity contribution in [3.8, 4) is 22.4 Å². The Morgan fingerprint density at radius 2 is 1.56 bits per heavy atom. The molecule has 0 unspecified atom stereocenters. The number of benzene rings is 2. The van der Waals surface area contributed by atoms with Crippen molar-refractivity contribution < 1.29 is 8.42 Å². The molecule has 4 aromatic rings. The van der Waals surface area contributed by atoms with E-state index >= 15 is 0 Å². The first kappa shape index (κ1) is 15.6. The van der Waals surface area contributed by atoms with Gasteiger partial charge in [-0.15, -0.1) is 0 Å². The van der Waals surface area contributed by atoms with Gasteiger partial charge in [0.15, 0.2) is 9.84 Å². The third-order valence-corrected chi connectivity index (χ3v) is 5.33. The van der Waals surface area contributed by atoms with Gasteiger partial charge in [-0.2, -0.15) is 0 Å². The van der Waals surface area contributed by atoms with Gasteiger partial charge in [-0.25, -0.2) is 13.4 Å². The molecule has 0 bridgehead atoms. The minimum absolute atomic E-state index is 0.324. The molecule has 0 N–H and O–H groups in total. The summed E-state index contributed by atoms with van der Waals surface area (Å²) in [5.74, 6) is 0. The van der Waals surface area contributed by atoms with Crippen molar-refractivity contribution >= 4 is 15.5 Å². The van der Waals surface area contributed by atoms with Crippen LogP contribution in [0.5, 0.6) is 0 Å². The summed E-state index contributed by atoms with van der Waals surface area (Å²) in [5, 5.41) is 0. The van der Waals surface area contributed by atoms with E-state index in [0.29, 0.717) is 4.90 Å². The first-order valence-corrected chi connectivity index (χ1v) is 9.74. The molecule has 4 rings (SSSR count). The predicted octanol–water partition coefficient (Wildman–Crippen LogP) is 4.07. The number of imidazole rings is 1. The van der Waals surface area contributed by atoms with Gasteiger partial charge in [-0.05, 0) is 35.4 Å². The number of sulfone groups is 1. The zero-order chi connectivity index (χ0) is 17.4. The number of hydrogen-bond donors (Lipinski definition) is 0. The summed E-state index contributed by atoms with van der Waals surface area (Å²) < 4.78 is 25.2. The Bertz CT molecular complexity index is 1150. The molecular formula is C20H16N2O2S. The second-order valence-corrected chi connectivity index (χ2v) is 7.97. The molecule has 0 aliphatic rings. The second-order valence-electron chi connectivity index (χ2n) is 5.95. The maximum Gasteiger partial charge on any atom is 0.175 e. The SMILES string of the molecule is CS(=O)(=O)c1ccc(-c2ccn3c(-c4ccccc4)cnc3c2)cc1. The van der Waals surface area contributed by atoms with Gasteiger partial charge in [0.1, 0.15) is 5.65 Å². The molecule has 2 heterocycles. The molecule has 5 heteroatoms. The fraction of sp³-hybridized carbons (Fsp3) is 0.0500. The number of fused-ring (bicyclic) bond motifs is 1. The molecule has 0 spiro atoms. The van der Waals surface area contributed by atoms with Crippen molar-refractivity contribution in [2.24, 2.45) is 0 Å². The van der Waals surface area contributed by atoms with Crippen molar-refractivity contribution in [1.29, 1.82) is 0 Å². The maximum absolute atomic E-state index is 11.6. The summed E-state index contributed by atoms with van der Waals surface area (Å²) in [6.45, 7) is 0. The van der Waals surface area contributed by atoms with Crippen LogP contribution in [0.3, 0.4) is 0 Å². The van der Waals surface area contributed by atoms with Crippen LogP contribution in [0.4, 0.5) is 0 Å². The topological polar surface area (TPSA) is 51.4 Å². The quantitative estimate of drug-likeness (QED) is 0.561. The number of aromatic nitrogens is 2. The Morgan fingerprint density at radius 3 is 2.24 bits per heavy atom. The summed E-state index contributed by atoms with van der Waals surface area (Å²) in [5.41, 5.74) is 4.95. The largest absolute Gasteiger partial charge is 0.300 e. The van der Waals surface area contributed by atoms with Crippen LogP contribution in [0.15, 0.2) is 84.0 Å². The van der Waals surface area contributed by atoms with Crippen LogP contribution in [0.25, 0.3) is 28.0 Å². The van der Waals surface area contributed by atoms with Gasteiger partial charge in [0.25, 0.3) is 0 Å². The molecule has 0 amide bonds. The van der Waals surface area contributed by atoms with E-state index in [1.165, 1.54) is 6.26 Å². The smallest absolute Gasteiger partial charge is 0.175 e. The molecule has 0 aliphatic heterocycles. The van der Waals surface area contributed by atoms with E-state index in [1.807, 2.05) is 59.3 Å². The molecule has 25 heavy (non-hydrogen) atoms. The fourth-order valence-corrected chi connectivity index (χ4v) is 3.51. The number of rotatable bonds is 3. The Kier molecular flexibility index (Phi) is 3.66. The molecule has 4 nitrogen and oxygen atoms in total. The van der Waals surface area contributed by atoms with Crippen LogP contribution < -0.4 is 0 Å². The van der Waals surface area contributed by atoms with Crippen LogP contribution in [0.1, 0.15) is 0 Å². The zero-order valence-corrected chi connectivity index (χ0v) is 14.4. The lowest BCUT2D eigenvalue weighted by Crippen LogP contribution is -1.96. The third kappa shape index (κ3) is 2.94. The molecule has 2 aromatic carbocycles. The number of hydrogen-bond acceptors (Lipinski definition) is 3. The Balaban J connectivity index is 1.75. The first-order valence-electron chi connectivity index (χ1n) is 7.85. The highest BCUT2D eigenvalue weighted by Gasteiger charge is 2.09.